The van der Waals surface area contributed by atoms with Crippen molar-refractivity contribution in [3.05, 3.63) is 36.0 Å². The Morgan fingerprint density at radius 1 is 1.43 bits per heavy atom. The number of carboxylic acid groups (broad SMARTS) is 1. The SMILES string of the molecule is CCN(C)c1ccc(CN[C@@H]2CC=CC[C@@H]2C(=O)O)cn1. The molecular weight excluding hydrogens is 266 g/mol. The lowest BCUT2D eigenvalue weighted by Crippen LogP contribution is -2.40. The number of nitrogens with one attached hydrogen (secondary N) is 1. The normalized spacial score (nSPS) is 21.2. The minimum absolute atomic E-state index is 0.00880. The third-order valence-corrected chi connectivity index (χ3v) is 3.99. The first-order valence-corrected chi connectivity index (χ1v) is 7.39. The van der Waals surface area contributed by atoms with Crippen LogP contribution >= 0.6 is 0 Å². The third-order valence-electron chi connectivity index (χ3n) is 3.99. The van der Waals surface area contributed by atoms with E-state index in [1.807, 2.05) is 31.5 Å². The van der Waals surface area contributed by atoms with Gasteiger partial charge >= 0.3 is 5.97 Å². The fourth-order valence-electron chi connectivity index (χ4n) is 2.47. The van der Waals surface area contributed by atoms with Crippen molar-refractivity contribution in [1.82, 2.24) is 10.3 Å². The monoisotopic (exact) mass is 289 g/mol. The molecule has 5 nitrogen and oxygen atoms in total. The van der Waals surface area contributed by atoms with Crippen LogP contribution in [-0.4, -0.2) is 35.7 Å². The van der Waals surface area contributed by atoms with Gasteiger partial charge in [-0.05, 0) is 31.4 Å². The Hall–Kier alpha value is -1.88. The summed E-state index contributed by atoms with van der Waals surface area (Å²) < 4.78 is 0. The van der Waals surface area contributed by atoms with E-state index in [9.17, 15) is 9.90 Å². The predicted octanol–water partition coefficient (Wildman–Crippen LogP) is 2.05. The van der Waals surface area contributed by atoms with Gasteiger partial charge in [-0.15, -0.1) is 0 Å². The van der Waals surface area contributed by atoms with Gasteiger partial charge in [0, 0.05) is 32.4 Å². The van der Waals surface area contributed by atoms with Gasteiger partial charge in [0.25, 0.3) is 0 Å². The van der Waals surface area contributed by atoms with Crippen LogP contribution in [0.1, 0.15) is 25.3 Å². The summed E-state index contributed by atoms with van der Waals surface area (Å²) in [6, 6.07) is 4.02. The second-order valence-electron chi connectivity index (χ2n) is 5.41. The first-order chi connectivity index (χ1) is 10.1. The zero-order valence-corrected chi connectivity index (χ0v) is 12.6. The van der Waals surface area contributed by atoms with Crippen LogP contribution in [-0.2, 0) is 11.3 Å². The van der Waals surface area contributed by atoms with Gasteiger partial charge in [-0.3, -0.25) is 4.79 Å². The van der Waals surface area contributed by atoms with Crippen LogP contribution in [0.2, 0.25) is 0 Å². The number of aromatic nitrogens is 1. The zero-order valence-electron chi connectivity index (χ0n) is 12.6. The lowest BCUT2D eigenvalue weighted by molar-refractivity contribution is -0.142. The molecule has 0 saturated carbocycles. The number of rotatable bonds is 6. The molecule has 0 amide bonds. The number of hydrogen-bond donors (Lipinski definition) is 2. The highest BCUT2D eigenvalue weighted by Gasteiger charge is 2.27. The summed E-state index contributed by atoms with van der Waals surface area (Å²) in [5, 5.41) is 12.6. The predicted molar refractivity (Wildman–Crippen MR) is 83.3 cm³/mol. The molecule has 0 aliphatic heterocycles. The topological polar surface area (TPSA) is 65.5 Å². The molecule has 2 N–H and O–H groups in total. The van der Waals surface area contributed by atoms with E-state index in [1.54, 1.807) is 0 Å². The molecule has 2 rings (SSSR count). The Balaban J connectivity index is 1.93. The fourth-order valence-corrected chi connectivity index (χ4v) is 2.47. The van der Waals surface area contributed by atoms with Crippen molar-refractivity contribution in [2.75, 3.05) is 18.5 Å². The molecule has 0 unspecified atom stereocenters. The number of allylic oxidation sites excluding steroid dienone is 1. The summed E-state index contributed by atoms with van der Waals surface area (Å²) >= 11 is 0. The van der Waals surface area contributed by atoms with Gasteiger partial charge in [0.05, 0.1) is 5.92 Å². The standard InChI is InChI=1S/C16H23N3O2/c1-3-19(2)15-9-8-12(11-18-15)10-17-14-7-5-4-6-13(14)16(20)21/h4-5,8-9,11,13-14,17H,3,6-7,10H2,1-2H3,(H,20,21)/t13-,14+/m0/s1. The summed E-state index contributed by atoms with van der Waals surface area (Å²) in [4.78, 5) is 17.7. The molecule has 0 aromatic carbocycles. The molecule has 0 fully saturated rings. The van der Waals surface area contributed by atoms with Gasteiger partial charge in [0.1, 0.15) is 5.82 Å². The van der Waals surface area contributed by atoms with Crippen molar-refractivity contribution in [3.8, 4) is 0 Å². The van der Waals surface area contributed by atoms with Crippen molar-refractivity contribution in [3.63, 3.8) is 0 Å². The smallest absolute Gasteiger partial charge is 0.308 e. The minimum Gasteiger partial charge on any atom is -0.481 e. The Morgan fingerprint density at radius 2 is 2.19 bits per heavy atom. The van der Waals surface area contributed by atoms with E-state index in [1.165, 1.54) is 0 Å². The van der Waals surface area contributed by atoms with E-state index in [2.05, 4.69) is 28.2 Å². The van der Waals surface area contributed by atoms with E-state index >= 15 is 0 Å². The minimum atomic E-state index is -0.727. The van der Waals surface area contributed by atoms with E-state index in [4.69, 9.17) is 0 Å². The van der Waals surface area contributed by atoms with Crippen LogP contribution in [0.3, 0.4) is 0 Å². The van der Waals surface area contributed by atoms with E-state index in [0.717, 1.165) is 24.3 Å². The van der Waals surface area contributed by atoms with Gasteiger partial charge in [-0.1, -0.05) is 18.2 Å². The summed E-state index contributed by atoms with van der Waals surface area (Å²) in [7, 11) is 2.01. The van der Waals surface area contributed by atoms with Crippen LogP contribution in [0.15, 0.2) is 30.5 Å². The maximum absolute atomic E-state index is 11.2. The summed E-state index contributed by atoms with van der Waals surface area (Å²) in [5.41, 5.74) is 1.07. The molecule has 2 atom stereocenters. The maximum atomic E-state index is 11.2. The molecule has 1 aromatic rings. The van der Waals surface area contributed by atoms with E-state index in [-0.39, 0.29) is 12.0 Å². The van der Waals surface area contributed by atoms with Crippen LogP contribution in [0, 0.1) is 5.92 Å². The molecule has 1 aliphatic rings. The second-order valence-corrected chi connectivity index (χ2v) is 5.41. The summed E-state index contributed by atoms with van der Waals surface area (Å²) in [6.45, 7) is 3.64. The number of carbonyl (C=O) groups is 1. The average Bonchev–Trinajstić information content (AvgIpc) is 2.52. The average molecular weight is 289 g/mol. The van der Waals surface area contributed by atoms with Crippen molar-refractivity contribution in [1.29, 1.82) is 0 Å². The largest absolute Gasteiger partial charge is 0.481 e. The van der Waals surface area contributed by atoms with Crippen LogP contribution < -0.4 is 10.2 Å². The van der Waals surface area contributed by atoms with Gasteiger partial charge in [-0.25, -0.2) is 4.98 Å². The van der Waals surface area contributed by atoms with Crippen molar-refractivity contribution >= 4 is 11.8 Å². The summed E-state index contributed by atoms with van der Waals surface area (Å²) in [6.07, 6.45) is 7.22. The Labute approximate surface area is 125 Å². The molecule has 114 valence electrons. The molecule has 1 aliphatic carbocycles. The van der Waals surface area contributed by atoms with Crippen molar-refractivity contribution in [2.45, 2.75) is 32.4 Å². The Bertz CT molecular complexity index is 499. The van der Waals surface area contributed by atoms with E-state index in [0.29, 0.717) is 13.0 Å². The fraction of sp³-hybridized carbons (Fsp3) is 0.500. The van der Waals surface area contributed by atoms with Gasteiger partial charge in [0.2, 0.25) is 0 Å². The van der Waals surface area contributed by atoms with Crippen LogP contribution in [0.5, 0.6) is 0 Å². The number of carboxylic acids is 1. The first-order valence-electron chi connectivity index (χ1n) is 7.39. The third kappa shape index (κ3) is 4.04. The zero-order chi connectivity index (χ0) is 15.2. The molecular formula is C16H23N3O2. The molecule has 21 heavy (non-hydrogen) atoms. The van der Waals surface area contributed by atoms with Crippen LogP contribution in [0.25, 0.3) is 0 Å². The number of pyridine rings is 1. The van der Waals surface area contributed by atoms with Gasteiger partial charge in [0.15, 0.2) is 0 Å². The number of nitrogens with zero attached hydrogens (tertiary/aromatic N) is 2. The molecule has 0 radical (unpaired) electrons. The lowest BCUT2D eigenvalue weighted by Gasteiger charge is -2.26. The molecule has 0 spiro atoms. The molecule has 0 saturated heterocycles. The highest BCUT2D eigenvalue weighted by Crippen LogP contribution is 2.20. The van der Waals surface area contributed by atoms with Crippen molar-refractivity contribution < 1.29 is 9.90 Å². The summed E-state index contributed by atoms with van der Waals surface area (Å²) in [5.74, 6) is -0.117. The highest BCUT2D eigenvalue weighted by atomic mass is 16.4. The quantitative estimate of drug-likeness (QED) is 0.785. The molecule has 1 heterocycles. The first kappa shape index (κ1) is 15.5. The second kappa shape index (κ2) is 7.22. The maximum Gasteiger partial charge on any atom is 0.308 e. The molecule has 1 aromatic heterocycles. The van der Waals surface area contributed by atoms with Gasteiger partial charge in [-0.2, -0.15) is 0 Å². The Kier molecular flexibility index (Phi) is 5.33. The lowest BCUT2D eigenvalue weighted by atomic mass is 9.89. The molecule has 0 bridgehead atoms. The van der Waals surface area contributed by atoms with Gasteiger partial charge < -0.3 is 15.3 Å². The number of aliphatic carboxylic acids is 1. The van der Waals surface area contributed by atoms with Crippen molar-refractivity contribution in [2.24, 2.45) is 5.92 Å². The number of anilines is 1. The van der Waals surface area contributed by atoms with Crippen LogP contribution in [0.4, 0.5) is 5.82 Å². The number of hydrogen-bond acceptors (Lipinski definition) is 4. The Morgan fingerprint density at radius 3 is 2.81 bits per heavy atom. The molecule has 5 heteroatoms. The van der Waals surface area contributed by atoms with E-state index < -0.39 is 5.97 Å². The highest BCUT2D eigenvalue weighted by molar-refractivity contribution is 5.71.